The zero-order valence-electron chi connectivity index (χ0n) is 9.60. The normalized spacial score (nSPS) is 12.7. The van der Waals surface area contributed by atoms with Gasteiger partial charge in [0.05, 0.1) is 6.10 Å². The van der Waals surface area contributed by atoms with Gasteiger partial charge in [-0.15, -0.1) is 11.3 Å². The van der Waals surface area contributed by atoms with Gasteiger partial charge < -0.3 is 5.11 Å². The molecule has 0 aliphatic rings. The van der Waals surface area contributed by atoms with E-state index in [9.17, 15) is 5.11 Å². The van der Waals surface area contributed by atoms with E-state index in [0.29, 0.717) is 6.42 Å². The van der Waals surface area contributed by atoms with E-state index >= 15 is 0 Å². The van der Waals surface area contributed by atoms with E-state index in [0.717, 1.165) is 4.88 Å². The average Bonchev–Trinajstić information content (AvgIpc) is 2.77. The molecule has 0 amide bonds. The van der Waals surface area contributed by atoms with Crippen molar-refractivity contribution in [3.05, 3.63) is 57.3 Å². The Labute approximate surface area is 100 Å². The number of aliphatic hydroxyl groups excluding tert-OH is 1. The Morgan fingerprint density at radius 2 is 2.00 bits per heavy atom. The molecule has 0 spiro atoms. The molecule has 0 bridgehead atoms. The molecule has 1 heterocycles. The summed E-state index contributed by atoms with van der Waals surface area (Å²) in [6.45, 7) is 4.21. The van der Waals surface area contributed by atoms with Crippen LogP contribution in [-0.4, -0.2) is 5.11 Å². The molecule has 1 atom stereocenters. The summed E-state index contributed by atoms with van der Waals surface area (Å²) in [5.74, 6) is 0. The third-order valence-corrected chi connectivity index (χ3v) is 3.85. The topological polar surface area (TPSA) is 20.2 Å². The number of aryl methyl sites for hydroxylation is 2. The van der Waals surface area contributed by atoms with Crippen LogP contribution in [0.15, 0.2) is 35.7 Å². The van der Waals surface area contributed by atoms with Gasteiger partial charge in [0.25, 0.3) is 0 Å². The third kappa shape index (κ3) is 2.52. The maximum Gasteiger partial charge on any atom is 0.0922 e. The molecule has 0 saturated carbocycles. The maximum absolute atomic E-state index is 10.0. The number of hydrogen-bond donors (Lipinski definition) is 1. The van der Waals surface area contributed by atoms with E-state index in [4.69, 9.17) is 0 Å². The molecule has 0 radical (unpaired) electrons. The molecule has 2 rings (SSSR count). The second-order valence-corrected chi connectivity index (χ2v) is 5.13. The van der Waals surface area contributed by atoms with Crippen LogP contribution in [0.2, 0.25) is 0 Å². The lowest BCUT2D eigenvalue weighted by Crippen LogP contribution is -2.00. The predicted octanol–water partition coefficient (Wildman–Crippen LogP) is 3.64. The molecule has 2 aromatic rings. The predicted molar refractivity (Wildman–Crippen MR) is 68.9 cm³/mol. The molecule has 2 heteroatoms. The molecule has 1 N–H and O–H groups in total. The molecule has 0 aliphatic heterocycles. The highest BCUT2D eigenvalue weighted by Crippen LogP contribution is 2.23. The first-order valence-corrected chi connectivity index (χ1v) is 6.32. The van der Waals surface area contributed by atoms with Gasteiger partial charge in [-0.2, -0.15) is 0 Å². The fraction of sp³-hybridized carbons (Fsp3) is 0.286. The molecule has 1 aromatic heterocycles. The lowest BCUT2D eigenvalue weighted by atomic mass is 10.0. The molecule has 84 valence electrons. The summed E-state index contributed by atoms with van der Waals surface area (Å²) in [5.41, 5.74) is 3.79. The summed E-state index contributed by atoms with van der Waals surface area (Å²) >= 11 is 1.61. The zero-order valence-corrected chi connectivity index (χ0v) is 10.4. The maximum atomic E-state index is 10.0. The molecule has 16 heavy (non-hydrogen) atoms. The summed E-state index contributed by atoms with van der Waals surface area (Å²) in [6, 6.07) is 10.3. The van der Waals surface area contributed by atoms with Crippen LogP contribution in [0.25, 0.3) is 0 Å². The Bertz CT molecular complexity index is 460. The van der Waals surface area contributed by atoms with Crippen LogP contribution in [0.4, 0.5) is 0 Å². The van der Waals surface area contributed by atoms with Gasteiger partial charge in [0.15, 0.2) is 0 Å². The van der Waals surface area contributed by atoms with Gasteiger partial charge in [-0.25, -0.2) is 0 Å². The van der Waals surface area contributed by atoms with Crippen molar-refractivity contribution in [3.63, 3.8) is 0 Å². The second kappa shape index (κ2) is 4.81. The lowest BCUT2D eigenvalue weighted by molar-refractivity contribution is 0.182. The van der Waals surface area contributed by atoms with Crippen molar-refractivity contribution in [3.8, 4) is 0 Å². The van der Waals surface area contributed by atoms with E-state index in [-0.39, 0.29) is 6.10 Å². The van der Waals surface area contributed by atoms with E-state index in [1.165, 1.54) is 16.7 Å². The van der Waals surface area contributed by atoms with Crippen LogP contribution in [0.3, 0.4) is 0 Å². The first-order valence-electron chi connectivity index (χ1n) is 5.44. The van der Waals surface area contributed by atoms with Crippen molar-refractivity contribution in [1.82, 2.24) is 0 Å². The van der Waals surface area contributed by atoms with Crippen molar-refractivity contribution in [2.75, 3.05) is 0 Å². The standard InChI is InChI=1S/C14H16OS/c1-10-5-6-12(8-11(10)2)9-13(15)14-4-3-7-16-14/h3-8,13,15H,9H2,1-2H3. The van der Waals surface area contributed by atoms with Gasteiger partial charge in [0.2, 0.25) is 0 Å². The molecular formula is C14H16OS. The third-order valence-electron chi connectivity index (χ3n) is 2.87. The number of rotatable bonds is 3. The first kappa shape index (κ1) is 11.4. The van der Waals surface area contributed by atoms with Crippen molar-refractivity contribution < 1.29 is 5.11 Å². The Morgan fingerprint density at radius 3 is 2.62 bits per heavy atom. The number of thiophene rings is 1. The fourth-order valence-electron chi connectivity index (χ4n) is 1.74. The van der Waals surface area contributed by atoms with Crippen LogP contribution in [-0.2, 0) is 6.42 Å². The number of aliphatic hydroxyl groups is 1. The van der Waals surface area contributed by atoms with Gasteiger partial charge in [-0.1, -0.05) is 24.3 Å². The zero-order chi connectivity index (χ0) is 11.5. The van der Waals surface area contributed by atoms with Crippen LogP contribution in [0.1, 0.15) is 27.7 Å². The van der Waals surface area contributed by atoms with E-state index in [1.54, 1.807) is 11.3 Å². The lowest BCUT2D eigenvalue weighted by Gasteiger charge is -2.10. The van der Waals surface area contributed by atoms with Crippen LogP contribution in [0, 0.1) is 13.8 Å². The van der Waals surface area contributed by atoms with Crippen LogP contribution >= 0.6 is 11.3 Å². The molecule has 1 aromatic carbocycles. The molecule has 0 fully saturated rings. The van der Waals surface area contributed by atoms with Gasteiger partial charge in [-0.3, -0.25) is 0 Å². The second-order valence-electron chi connectivity index (χ2n) is 4.15. The van der Waals surface area contributed by atoms with Crippen molar-refractivity contribution in [2.45, 2.75) is 26.4 Å². The van der Waals surface area contributed by atoms with Crippen molar-refractivity contribution >= 4 is 11.3 Å². The molecule has 1 unspecified atom stereocenters. The highest BCUT2D eigenvalue weighted by Gasteiger charge is 2.09. The Morgan fingerprint density at radius 1 is 1.19 bits per heavy atom. The summed E-state index contributed by atoms with van der Waals surface area (Å²) in [7, 11) is 0. The van der Waals surface area contributed by atoms with Gasteiger partial charge >= 0.3 is 0 Å². The minimum Gasteiger partial charge on any atom is -0.387 e. The van der Waals surface area contributed by atoms with Crippen LogP contribution in [0.5, 0.6) is 0 Å². The quantitative estimate of drug-likeness (QED) is 0.856. The minimum absolute atomic E-state index is 0.373. The highest BCUT2D eigenvalue weighted by atomic mass is 32.1. The van der Waals surface area contributed by atoms with Crippen molar-refractivity contribution in [1.29, 1.82) is 0 Å². The van der Waals surface area contributed by atoms with Crippen LogP contribution < -0.4 is 0 Å². The molecule has 1 nitrogen and oxygen atoms in total. The Hall–Kier alpha value is -1.12. The Balaban J connectivity index is 2.12. The molecule has 0 aliphatic carbocycles. The largest absolute Gasteiger partial charge is 0.387 e. The number of hydrogen-bond acceptors (Lipinski definition) is 2. The smallest absolute Gasteiger partial charge is 0.0922 e. The fourth-order valence-corrected chi connectivity index (χ4v) is 2.45. The van der Waals surface area contributed by atoms with Gasteiger partial charge in [-0.05, 0) is 42.0 Å². The first-order chi connectivity index (χ1) is 7.66. The average molecular weight is 232 g/mol. The van der Waals surface area contributed by atoms with Crippen molar-refractivity contribution in [2.24, 2.45) is 0 Å². The SMILES string of the molecule is Cc1ccc(CC(O)c2cccs2)cc1C. The summed E-state index contributed by atoms with van der Waals surface area (Å²) in [6.07, 6.45) is 0.323. The van der Waals surface area contributed by atoms with E-state index in [2.05, 4.69) is 32.0 Å². The Kier molecular flexibility index (Phi) is 3.42. The highest BCUT2D eigenvalue weighted by molar-refractivity contribution is 7.10. The molecular weight excluding hydrogens is 216 g/mol. The minimum atomic E-state index is -0.373. The van der Waals surface area contributed by atoms with Gasteiger partial charge in [0.1, 0.15) is 0 Å². The molecule has 0 saturated heterocycles. The monoisotopic (exact) mass is 232 g/mol. The summed E-state index contributed by atoms with van der Waals surface area (Å²) in [5, 5.41) is 12.0. The van der Waals surface area contributed by atoms with Gasteiger partial charge in [0, 0.05) is 11.3 Å². The van der Waals surface area contributed by atoms with E-state index in [1.807, 2.05) is 17.5 Å². The summed E-state index contributed by atoms with van der Waals surface area (Å²) in [4.78, 5) is 1.04. The summed E-state index contributed by atoms with van der Waals surface area (Å²) < 4.78 is 0. The van der Waals surface area contributed by atoms with E-state index < -0.39 is 0 Å². The number of benzene rings is 1.